The second-order valence-corrected chi connectivity index (χ2v) is 7.35. The highest BCUT2D eigenvalue weighted by Crippen LogP contribution is 2.23. The van der Waals surface area contributed by atoms with E-state index in [1.54, 1.807) is 13.8 Å². The van der Waals surface area contributed by atoms with Crippen molar-refractivity contribution in [1.29, 1.82) is 0 Å². The number of hydrogen-bond donors (Lipinski definition) is 2. The van der Waals surface area contributed by atoms with Crippen LogP contribution in [-0.2, 0) is 19.6 Å². The van der Waals surface area contributed by atoms with Crippen molar-refractivity contribution in [1.82, 2.24) is 4.72 Å². The molecule has 0 bridgehead atoms. The van der Waals surface area contributed by atoms with Gasteiger partial charge in [-0.3, -0.25) is 4.79 Å². The van der Waals surface area contributed by atoms with Crippen LogP contribution < -0.4 is 4.72 Å². The molecule has 9 heteroatoms. The fraction of sp³-hybridized carbons (Fsp3) is 0.500. The van der Waals surface area contributed by atoms with E-state index < -0.39 is 28.0 Å². The minimum absolute atomic E-state index is 0.00338. The van der Waals surface area contributed by atoms with E-state index in [1.807, 2.05) is 0 Å². The summed E-state index contributed by atoms with van der Waals surface area (Å²) in [7, 11) is -2.97. The molecule has 7 nitrogen and oxygen atoms in total. The van der Waals surface area contributed by atoms with Crippen molar-refractivity contribution in [3.63, 3.8) is 0 Å². The Kier molecular flexibility index (Phi) is 5.87. The van der Waals surface area contributed by atoms with E-state index >= 15 is 0 Å². The van der Waals surface area contributed by atoms with Gasteiger partial charge in [0.15, 0.2) is 0 Å². The maximum atomic E-state index is 12.3. The summed E-state index contributed by atoms with van der Waals surface area (Å²) < 4.78 is 31.1. The number of aliphatic carboxylic acids is 1. The Balaban J connectivity index is 3.08. The first-order valence-corrected chi connectivity index (χ1v) is 8.46. The zero-order valence-corrected chi connectivity index (χ0v) is 13.5. The minimum Gasteiger partial charge on any atom is -0.480 e. The number of esters is 1. The number of sulfonamides is 1. The molecule has 0 fully saturated rings. The minimum atomic E-state index is -4.11. The molecule has 0 aliphatic rings. The Morgan fingerprint density at radius 1 is 1.43 bits per heavy atom. The Morgan fingerprint density at radius 2 is 2.05 bits per heavy atom. The lowest BCUT2D eigenvalue weighted by Crippen LogP contribution is -2.41. The average Bonchev–Trinajstić information content (AvgIpc) is 2.86. The molecule has 0 amide bonds. The van der Waals surface area contributed by atoms with E-state index in [9.17, 15) is 18.0 Å². The van der Waals surface area contributed by atoms with Crippen LogP contribution in [0.4, 0.5) is 0 Å². The van der Waals surface area contributed by atoms with Gasteiger partial charge in [0, 0.05) is 0 Å². The first-order valence-electron chi connectivity index (χ1n) is 6.10. The van der Waals surface area contributed by atoms with Gasteiger partial charge in [-0.05, 0) is 23.8 Å². The van der Waals surface area contributed by atoms with Gasteiger partial charge >= 0.3 is 11.9 Å². The largest absolute Gasteiger partial charge is 0.480 e. The van der Waals surface area contributed by atoms with Crippen molar-refractivity contribution in [2.75, 3.05) is 7.11 Å². The number of carboxylic acids is 1. The lowest BCUT2D eigenvalue weighted by atomic mass is 10.1. The zero-order chi connectivity index (χ0) is 16.2. The molecule has 0 spiro atoms. The topological polar surface area (TPSA) is 110 Å². The van der Waals surface area contributed by atoms with E-state index in [0.717, 1.165) is 18.4 Å². The molecule has 0 aromatic carbocycles. The van der Waals surface area contributed by atoms with E-state index in [1.165, 1.54) is 11.4 Å². The van der Waals surface area contributed by atoms with Crippen LogP contribution in [0.5, 0.6) is 0 Å². The van der Waals surface area contributed by atoms with Crippen molar-refractivity contribution in [3.8, 4) is 0 Å². The zero-order valence-electron chi connectivity index (χ0n) is 11.8. The van der Waals surface area contributed by atoms with Gasteiger partial charge in [0.2, 0.25) is 10.0 Å². The van der Waals surface area contributed by atoms with Crippen LogP contribution in [0.25, 0.3) is 0 Å². The summed E-state index contributed by atoms with van der Waals surface area (Å²) in [6.07, 6.45) is 0.145. The van der Waals surface area contributed by atoms with E-state index in [0.29, 0.717) is 0 Å². The number of ether oxygens (including phenoxy) is 1. The molecule has 1 heterocycles. The highest BCUT2D eigenvalue weighted by atomic mass is 32.2. The van der Waals surface area contributed by atoms with Crippen molar-refractivity contribution < 1.29 is 27.9 Å². The Labute approximate surface area is 127 Å². The van der Waals surface area contributed by atoms with Crippen LogP contribution in [0.2, 0.25) is 0 Å². The standard InChI is InChI=1S/C12H17NO6S2/c1-7(2)6-8(11(14)15)13-21(17,18)9-4-5-20-10(9)12(16)19-3/h4-5,7-8,13H,6H2,1-3H3,(H,14,15). The van der Waals surface area contributed by atoms with Crippen molar-refractivity contribution in [2.24, 2.45) is 5.92 Å². The third-order valence-corrected chi connectivity index (χ3v) is 5.13. The quantitative estimate of drug-likeness (QED) is 0.727. The molecule has 118 valence electrons. The third-order valence-electron chi connectivity index (χ3n) is 2.59. The number of nitrogens with one attached hydrogen (secondary N) is 1. The van der Waals surface area contributed by atoms with Crippen LogP contribution in [0.15, 0.2) is 16.3 Å². The first-order chi connectivity index (χ1) is 9.69. The summed E-state index contributed by atoms with van der Waals surface area (Å²) in [6.45, 7) is 3.57. The molecule has 1 atom stereocenters. The molecule has 0 aliphatic carbocycles. The summed E-state index contributed by atoms with van der Waals surface area (Å²) in [5.74, 6) is -2.04. The smallest absolute Gasteiger partial charge is 0.349 e. The predicted octanol–water partition coefficient (Wildman–Crippen LogP) is 1.31. The second-order valence-electron chi connectivity index (χ2n) is 4.75. The van der Waals surface area contributed by atoms with Crippen LogP contribution in [0.3, 0.4) is 0 Å². The Morgan fingerprint density at radius 3 is 2.52 bits per heavy atom. The summed E-state index contributed by atoms with van der Waals surface area (Å²) in [6, 6.07) is -0.00604. The number of carbonyl (C=O) groups is 2. The summed E-state index contributed by atoms with van der Waals surface area (Å²) in [4.78, 5) is 22.3. The molecule has 2 N–H and O–H groups in total. The summed E-state index contributed by atoms with van der Waals surface area (Å²) in [5, 5.41) is 10.5. The fourth-order valence-corrected chi connectivity index (χ4v) is 4.21. The fourth-order valence-electron chi connectivity index (χ4n) is 1.67. The van der Waals surface area contributed by atoms with Gasteiger partial charge in [0.1, 0.15) is 15.8 Å². The van der Waals surface area contributed by atoms with E-state index in [-0.39, 0.29) is 22.1 Å². The lowest BCUT2D eigenvalue weighted by Gasteiger charge is -2.16. The van der Waals surface area contributed by atoms with Crippen molar-refractivity contribution in [2.45, 2.75) is 31.2 Å². The molecular weight excluding hydrogens is 318 g/mol. The predicted molar refractivity (Wildman–Crippen MR) is 76.9 cm³/mol. The molecule has 21 heavy (non-hydrogen) atoms. The number of methoxy groups -OCH3 is 1. The monoisotopic (exact) mass is 335 g/mol. The number of carbonyl (C=O) groups excluding carboxylic acids is 1. The van der Waals surface area contributed by atoms with Gasteiger partial charge in [0.05, 0.1) is 7.11 Å². The summed E-state index contributed by atoms with van der Waals surface area (Å²) in [5.41, 5.74) is 0. The summed E-state index contributed by atoms with van der Waals surface area (Å²) >= 11 is 0.917. The van der Waals surface area contributed by atoms with Gasteiger partial charge in [-0.2, -0.15) is 4.72 Å². The lowest BCUT2D eigenvalue weighted by molar-refractivity contribution is -0.139. The second kappa shape index (κ2) is 7.01. The number of thiophene rings is 1. The van der Waals surface area contributed by atoms with Gasteiger partial charge in [-0.1, -0.05) is 13.8 Å². The molecule has 1 aromatic rings. The van der Waals surface area contributed by atoms with Crippen LogP contribution in [0.1, 0.15) is 29.9 Å². The van der Waals surface area contributed by atoms with Crippen LogP contribution in [-0.4, -0.2) is 38.6 Å². The van der Waals surface area contributed by atoms with Crippen molar-refractivity contribution >= 4 is 33.3 Å². The maximum absolute atomic E-state index is 12.3. The Bertz CT molecular complexity index is 619. The van der Waals surface area contributed by atoms with Crippen molar-refractivity contribution in [3.05, 3.63) is 16.3 Å². The SMILES string of the molecule is COC(=O)c1sccc1S(=O)(=O)NC(CC(C)C)C(=O)O. The van der Waals surface area contributed by atoms with E-state index in [2.05, 4.69) is 9.46 Å². The third kappa shape index (κ3) is 4.51. The van der Waals surface area contributed by atoms with Gasteiger partial charge < -0.3 is 9.84 Å². The maximum Gasteiger partial charge on any atom is 0.349 e. The normalized spacial score (nSPS) is 13.1. The highest BCUT2D eigenvalue weighted by molar-refractivity contribution is 7.89. The number of hydrogen-bond acceptors (Lipinski definition) is 6. The van der Waals surface area contributed by atoms with E-state index in [4.69, 9.17) is 5.11 Å². The molecule has 0 saturated heterocycles. The Hall–Kier alpha value is -1.45. The molecule has 0 saturated carbocycles. The van der Waals surface area contributed by atoms with Crippen LogP contribution >= 0.6 is 11.3 Å². The molecule has 1 unspecified atom stereocenters. The molecular formula is C12H17NO6S2. The number of carboxylic acid groups (broad SMARTS) is 1. The molecule has 0 aliphatic heterocycles. The molecule has 1 rings (SSSR count). The highest BCUT2D eigenvalue weighted by Gasteiger charge is 2.30. The molecule has 1 aromatic heterocycles. The number of rotatable bonds is 7. The molecule has 0 radical (unpaired) electrons. The van der Waals surface area contributed by atoms with Crippen LogP contribution in [0, 0.1) is 5.92 Å². The first kappa shape index (κ1) is 17.6. The average molecular weight is 335 g/mol. The van der Waals surface area contributed by atoms with Gasteiger partial charge in [-0.25, -0.2) is 13.2 Å². The van der Waals surface area contributed by atoms with Gasteiger partial charge in [-0.15, -0.1) is 11.3 Å². The van der Waals surface area contributed by atoms with Gasteiger partial charge in [0.25, 0.3) is 0 Å².